The van der Waals surface area contributed by atoms with Gasteiger partial charge in [-0.05, 0) is 29.7 Å². The second-order valence-electron chi connectivity index (χ2n) is 9.34. The van der Waals surface area contributed by atoms with Gasteiger partial charge in [0.15, 0.2) is 17.6 Å². The first-order valence-corrected chi connectivity index (χ1v) is 12.0. The number of nitrogens with zero attached hydrogens (tertiary/aromatic N) is 3. The zero-order chi connectivity index (χ0) is 26.6. The number of pyridine rings is 1. The number of rotatable bonds is 5. The molecule has 3 N–H and O–H groups in total. The van der Waals surface area contributed by atoms with Gasteiger partial charge in [-0.15, -0.1) is 0 Å². The minimum absolute atomic E-state index is 0.00228. The molecule has 0 saturated carbocycles. The molecule has 0 spiro atoms. The third-order valence-corrected chi connectivity index (χ3v) is 7.00. The maximum atomic E-state index is 15.2. The van der Waals surface area contributed by atoms with Crippen LogP contribution in [0.2, 0.25) is 0 Å². The lowest BCUT2D eigenvalue weighted by molar-refractivity contribution is -0.133. The Bertz CT molecular complexity index is 1420. The Labute approximate surface area is 213 Å². The number of carbonyl (C=O) groups is 1. The van der Waals surface area contributed by atoms with Crippen LogP contribution in [-0.4, -0.2) is 93.3 Å². The Morgan fingerprint density at radius 2 is 1.87 bits per heavy atom. The van der Waals surface area contributed by atoms with Gasteiger partial charge in [0, 0.05) is 19.2 Å². The van der Waals surface area contributed by atoms with E-state index in [4.69, 9.17) is 19.3 Å². The summed E-state index contributed by atoms with van der Waals surface area (Å²) in [6.07, 6.45) is -0.304. The molecule has 3 aliphatic rings. The minimum Gasteiger partial charge on any atom is -0.456 e. The lowest BCUT2D eigenvalue weighted by Gasteiger charge is -2.26. The van der Waals surface area contributed by atoms with Crippen LogP contribution in [0.4, 0.5) is 13.2 Å². The molecule has 6 rings (SSSR count). The van der Waals surface area contributed by atoms with E-state index in [1.807, 2.05) is 0 Å². The molecule has 2 fully saturated rings. The number of nitrogens with one attached hydrogen (secondary N) is 1. The number of H-pyrrole nitrogens is 1. The number of halogens is 3. The maximum absolute atomic E-state index is 15.2. The Kier molecular flexibility index (Phi) is 6.30. The lowest BCUT2D eigenvalue weighted by Crippen LogP contribution is -2.36. The summed E-state index contributed by atoms with van der Waals surface area (Å²) >= 11 is 0. The molecule has 2 unspecified atom stereocenters. The van der Waals surface area contributed by atoms with Crippen LogP contribution in [-0.2, 0) is 14.3 Å². The quantitative estimate of drug-likeness (QED) is 0.452. The number of hydrogen-bond acceptors (Lipinski definition) is 8. The van der Waals surface area contributed by atoms with Crippen molar-refractivity contribution in [1.82, 2.24) is 19.9 Å². The van der Waals surface area contributed by atoms with Crippen LogP contribution in [0.1, 0.15) is 12.0 Å². The van der Waals surface area contributed by atoms with E-state index in [-0.39, 0.29) is 42.5 Å². The monoisotopic (exact) mass is 532 g/mol. The number of amides is 1. The van der Waals surface area contributed by atoms with Crippen molar-refractivity contribution >= 4 is 22.6 Å². The molecule has 13 heteroatoms. The lowest BCUT2D eigenvalue weighted by atomic mass is 9.96. The van der Waals surface area contributed by atoms with Crippen LogP contribution in [0.5, 0.6) is 6.01 Å². The average Bonchev–Trinajstić information content (AvgIpc) is 3.60. The Morgan fingerprint density at radius 1 is 1.11 bits per heavy atom. The molecule has 38 heavy (non-hydrogen) atoms. The first-order valence-electron chi connectivity index (χ1n) is 12.0. The fraction of sp³-hybridized carbons (Fsp3) is 0.400. The first-order chi connectivity index (χ1) is 18.3. The summed E-state index contributed by atoms with van der Waals surface area (Å²) in [5.74, 6) is -3.39. The Morgan fingerprint density at radius 3 is 2.58 bits per heavy atom. The van der Waals surface area contributed by atoms with Crippen molar-refractivity contribution in [2.45, 2.75) is 30.8 Å². The van der Waals surface area contributed by atoms with E-state index in [1.54, 1.807) is 6.08 Å². The number of aromatic amines is 1. The normalized spacial score (nSPS) is 25.1. The molecular weight excluding hydrogens is 509 g/mol. The zero-order valence-corrected chi connectivity index (χ0v) is 19.9. The van der Waals surface area contributed by atoms with Crippen molar-refractivity contribution < 1.29 is 42.4 Å². The van der Waals surface area contributed by atoms with Crippen molar-refractivity contribution in [3.63, 3.8) is 0 Å². The van der Waals surface area contributed by atoms with Gasteiger partial charge in [0.1, 0.15) is 42.2 Å². The second-order valence-corrected chi connectivity index (χ2v) is 9.34. The summed E-state index contributed by atoms with van der Waals surface area (Å²) in [5, 5.41) is 18.9. The van der Waals surface area contributed by atoms with Crippen LogP contribution in [0.15, 0.2) is 24.3 Å². The summed E-state index contributed by atoms with van der Waals surface area (Å²) in [6.45, 7) is 0.180. The number of imidazole rings is 1. The van der Waals surface area contributed by atoms with E-state index in [0.717, 1.165) is 18.2 Å². The van der Waals surface area contributed by atoms with Gasteiger partial charge in [0.25, 0.3) is 6.01 Å². The van der Waals surface area contributed by atoms with Crippen molar-refractivity contribution in [3.8, 4) is 17.3 Å². The van der Waals surface area contributed by atoms with Gasteiger partial charge < -0.3 is 34.3 Å². The van der Waals surface area contributed by atoms with Gasteiger partial charge in [-0.2, -0.15) is 4.98 Å². The number of aliphatic hydroxyl groups excluding tert-OH is 2. The number of carbonyl (C=O) groups excluding carboxylic acids is 1. The fourth-order valence-corrected chi connectivity index (χ4v) is 5.06. The first kappa shape index (κ1) is 24.8. The number of hydrogen-bond donors (Lipinski definition) is 3. The summed E-state index contributed by atoms with van der Waals surface area (Å²) < 4.78 is 62.1. The molecule has 3 aliphatic heterocycles. The highest BCUT2D eigenvalue weighted by molar-refractivity contribution is 5.80. The van der Waals surface area contributed by atoms with E-state index in [0.29, 0.717) is 18.5 Å². The van der Waals surface area contributed by atoms with Crippen molar-refractivity contribution in [2.75, 3.05) is 32.9 Å². The predicted molar refractivity (Wildman–Crippen MR) is 125 cm³/mol. The van der Waals surface area contributed by atoms with Gasteiger partial charge in [0.2, 0.25) is 5.91 Å². The van der Waals surface area contributed by atoms with Crippen LogP contribution in [0, 0.1) is 17.5 Å². The van der Waals surface area contributed by atoms with Gasteiger partial charge in [0.05, 0.1) is 24.3 Å². The van der Waals surface area contributed by atoms with Gasteiger partial charge >= 0.3 is 0 Å². The molecule has 0 bridgehead atoms. The summed E-state index contributed by atoms with van der Waals surface area (Å²) in [4.78, 5) is 24.1. The molecular formula is C25H23F3N4O6. The number of aliphatic hydroxyl groups is 2. The molecule has 4 atom stereocenters. The number of benzene rings is 1. The molecule has 3 aromatic rings. The van der Waals surface area contributed by atoms with Crippen LogP contribution in [0.3, 0.4) is 0 Å². The number of fused-ring (bicyclic) bond motifs is 2. The van der Waals surface area contributed by atoms with E-state index < -0.39 is 65.6 Å². The molecule has 1 amide bonds. The largest absolute Gasteiger partial charge is 0.456 e. The zero-order valence-electron chi connectivity index (χ0n) is 19.9. The molecule has 200 valence electrons. The fourth-order valence-electron chi connectivity index (χ4n) is 5.06. The van der Waals surface area contributed by atoms with Crippen LogP contribution in [0.25, 0.3) is 28.0 Å². The molecule has 1 aromatic carbocycles. The van der Waals surface area contributed by atoms with Crippen molar-refractivity contribution in [3.05, 3.63) is 47.3 Å². The maximum Gasteiger partial charge on any atom is 0.296 e. The number of ether oxygens (including phenoxy) is 3. The predicted octanol–water partition coefficient (Wildman–Crippen LogP) is 1.56. The van der Waals surface area contributed by atoms with Crippen molar-refractivity contribution in [1.29, 1.82) is 0 Å². The third-order valence-electron chi connectivity index (χ3n) is 7.00. The molecule has 2 aromatic heterocycles. The average molecular weight is 532 g/mol. The standard InChI is InChI=1S/C25H23F3N4O6/c26-13-5-12(11-1-3-32(4-2-11)19(35)8-33)6-14(27)20(13)21-15(28)7-16-24(30-21)31-25(29-16)38-18-10-37-22-17(34)9-36-23(18)22/h1,5-7,17-18,22-23,33-34H,2-4,8-10H2,(H,29,30,31)/t17-,18-,22?,23?/m1/s1. The summed E-state index contributed by atoms with van der Waals surface area (Å²) in [6, 6.07) is 3.23. The third kappa shape index (κ3) is 4.30. The SMILES string of the molecule is O=C(CO)N1CC=C(c2cc(F)c(-c3nc4nc(O[C@@H]5COC6C5OC[C@H]6O)[nH]c4cc3F)c(F)c2)CC1. The van der Waals surface area contributed by atoms with Crippen LogP contribution < -0.4 is 4.74 Å². The van der Waals surface area contributed by atoms with Gasteiger partial charge in [-0.1, -0.05) is 6.08 Å². The minimum atomic E-state index is -1.00. The highest BCUT2D eigenvalue weighted by atomic mass is 19.1. The smallest absolute Gasteiger partial charge is 0.296 e. The number of aromatic nitrogens is 3. The molecule has 5 heterocycles. The topological polar surface area (TPSA) is 130 Å². The molecule has 10 nitrogen and oxygen atoms in total. The Balaban J connectivity index is 1.26. The van der Waals surface area contributed by atoms with Crippen molar-refractivity contribution in [2.24, 2.45) is 0 Å². The molecule has 0 aliphatic carbocycles. The van der Waals surface area contributed by atoms with E-state index >= 15 is 8.78 Å². The summed E-state index contributed by atoms with van der Waals surface area (Å²) in [5.41, 5.74) is -0.116. The van der Waals surface area contributed by atoms with E-state index in [2.05, 4.69) is 15.0 Å². The van der Waals surface area contributed by atoms with E-state index in [1.165, 1.54) is 4.90 Å². The van der Waals surface area contributed by atoms with Gasteiger partial charge in [-0.25, -0.2) is 18.2 Å². The highest BCUT2D eigenvalue weighted by Crippen LogP contribution is 2.34. The van der Waals surface area contributed by atoms with E-state index in [9.17, 15) is 14.3 Å². The summed E-state index contributed by atoms with van der Waals surface area (Å²) in [7, 11) is 0. The van der Waals surface area contributed by atoms with Gasteiger partial charge in [-0.3, -0.25) is 4.79 Å². The molecule has 0 radical (unpaired) electrons. The van der Waals surface area contributed by atoms with Crippen LogP contribution >= 0.6 is 0 Å². The highest BCUT2D eigenvalue weighted by Gasteiger charge is 2.48. The Hall–Kier alpha value is -3.52. The molecule has 2 saturated heterocycles. The second kappa shape index (κ2) is 9.66.